The van der Waals surface area contributed by atoms with Gasteiger partial charge in [0.05, 0.1) is 7.11 Å². The van der Waals surface area contributed by atoms with Gasteiger partial charge in [-0.3, -0.25) is 4.79 Å². The summed E-state index contributed by atoms with van der Waals surface area (Å²) in [5.41, 5.74) is 3.34. The molecular weight excluding hydrogens is 296 g/mol. The highest BCUT2D eigenvalue weighted by Crippen LogP contribution is 2.73. The molecule has 5 atom stereocenters. The first kappa shape index (κ1) is 15.0. The molecular formula is C22H28O2. The minimum absolute atomic E-state index is 0.0285. The van der Waals surface area contributed by atoms with Crippen molar-refractivity contribution in [1.29, 1.82) is 0 Å². The number of rotatable bonds is 1. The first-order valence-corrected chi connectivity index (χ1v) is 9.80. The van der Waals surface area contributed by atoms with Gasteiger partial charge < -0.3 is 4.74 Å². The fourth-order valence-electron chi connectivity index (χ4n) is 7.53. The molecule has 0 bridgehead atoms. The third-order valence-corrected chi connectivity index (χ3v) is 8.52. The van der Waals surface area contributed by atoms with Crippen LogP contribution in [-0.2, 0) is 11.2 Å². The van der Waals surface area contributed by atoms with Crippen LogP contribution in [0.4, 0.5) is 0 Å². The Bertz CT molecular complexity index is 708. The number of carbonyl (C=O) groups excluding carboxylic acids is 1. The number of ether oxygens (including phenoxy) is 1. The van der Waals surface area contributed by atoms with E-state index in [1.54, 1.807) is 12.7 Å². The molecule has 1 spiro atoms. The van der Waals surface area contributed by atoms with Gasteiger partial charge in [-0.1, -0.05) is 19.4 Å². The van der Waals surface area contributed by atoms with Crippen molar-refractivity contribution in [2.45, 2.75) is 64.2 Å². The second-order valence-corrected chi connectivity index (χ2v) is 8.94. The maximum atomic E-state index is 12.9. The van der Waals surface area contributed by atoms with Gasteiger partial charge in [-0.15, -0.1) is 0 Å². The number of hydrogen-bond donors (Lipinski definition) is 0. The Balaban J connectivity index is 1.61. The molecule has 4 aliphatic carbocycles. The van der Waals surface area contributed by atoms with Crippen molar-refractivity contribution in [2.24, 2.45) is 22.7 Å². The highest BCUT2D eigenvalue weighted by atomic mass is 16.5. The number of carbonyl (C=O) groups is 1. The van der Waals surface area contributed by atoms with Crippen molar-refractivity contribution in [3.8, 4) is 5.75 Å². The molecule has 1 aromatic carbocycles. The van der Waals surface area contributed by atoms with E-state index in [0.717, 1.165) is 30.9 Å². The van der Waals surface area contributed by atoms with Crippen LogP contribution in [0.5, 0.6) is 5.75 Å². The normalized spacial score (nSPS) is 42.9. The van der Waals surface area contributed by atoms with Crippen molar-refractivity contribution in [2.75, 3.05) is 7.11 Å². The number of methoxy groups -OCH3 is 1. The minimum Gasteiger partial charge on any atom is -0.497 e. The first-order valence-electron chi connectivity index (χ1n) is 9.80. The molecule has 0 aromatic heterocycles. The van der Waals surface area contributed by atoms with E-state index in [9.17, 15) is 4.79 Å². The molecule has 4 aliphatic rings. The summed E-state index contributed by atoms with van der Waals surface area (Å²) in [6.07, 6.45) is 9.53. The van der Waals surface area contributed by atoms with Crippen molar-refractivity contribution >= 4 is 5.78 Å². The molecule has 1 aromatic rings. The molecule has 3 fully saturated rings. The van der Waals surface area contributed by atoms with E-state index in [1.165, 1.54) is 37.7 Å². The Labute approximate surface area is 145 Å². The first-order chi connectivity index (χ1) is 11.6. The molecule has 0 amide bonds. The van der Waals surface area contributed by atoms with Crippen LogP contribution in [0.15, 0.2) is 18.2 Å². The lowest BCUT2D eigenvalue weighted by atomic mass is 9.46. The third-order valence-electron chi connectivity index (χ3n) is 8.52. The minimum atomic E-state index is -0.0285. The van der Waals surface area contributed by atoms with E-state index in [4.69, 9.17) is 4.74 Å². The summed E-state index contributed by atoms with van der Waals surface area (Å²) in [5.74, 6) is 3.63. The van der Waals surface area contributed by atoms with Crippen LogP contribution < -0.4 is 4.74 Å². The number of aryl methyl sites for hydroxylation is 1. The highest BCUT2D eigenvalue weighted by molar-refractivity contribution is 5.89. The molecule has 24 heavy (non-hydrogen) atoms. The number of Topliss-reactive ketones (excluding diaryl/α,β-unsaturated/α-hetero) is 1. The highest BCUT2D eigenvalue weighted by Gasteiger charge is 2.69. The van der Waals surface area contributed by atoms with Crippen molar-refractivity contribution in [1.82, 2.24) is 0 Å². The monoisotopic (exact) mass is 324 g/mol. The largest absolute Gasteiger partial charge is 0.497 e. The molecule has 128 valence electrons. The Kier molecular flexibility index (Phi) is 3.04. The summed E-state index contributed by atoms with van der Waals surface area (Å²) in [6.45, 7) is 2.33. The maximum absolute atomic E-state index is 12.9. The lowest BCUT2D eigenvalue weighted by Crippen LogP contribution is -2.52. The molecule has 5 rings (SSSR count). The summed E-state index contributed by atoms with van der Waals surface area (Å²) < 4.78 is 5.44. The number of fused-ring (bicyclic) bond motifs is 3. The summed E-state index contributed by atoms with van der Waals surface area (Å²) >= 11 is 0. The smallest absolute Gasteiger partial charge is 0.139 e. The summed E-state index contributed by atoms with van der Waals surface area (Å²) in [7, 11) is 1.76. The zero-order valence-electron chi connectivity index (χ0n) is 14.9. The van der Waals surface area contributed by atoms with E-state index >= 15 is 0 Å². The van der Waals surface area contributed by atoms with Crippen molar-refractivity contribution in [3.63, 3.8) is 0 Å². The van der Waals surface area contributed by atoms with Gasteiger partial charge in [-0.05, 0) is 85.0 Å². The van der Waals surface area contributed by atoms with Crippen LogP contribution in [0.2, 0.25) is 0 Å². The van der Waals surface area contributed by atoms with Gasteiger partial charge >= 0.3 is 0 Å². The zero-order chi connectivity index (χ0) is 16.5. The lowest BCUT2D eigenvalue weighted by molar-refractivity contribution is -0.137. The van der Waals surface area contributed by atoms with Gasteiger partial charge in [-0.25, -0.2) is 0 Å². The van der Waals surface area contributed by atoms with Gasteiger partial charge in [0.15, 0.2) is 0 Å². The molecule has 0 aliphatic heterocycles. The molecule has 0 unspecified atom stereocenters. The quantitative estimate of drug-likeness (QED) is 0.734. The summed E-state index contributed by atoms with van der Waals surface area (Å²) in [6, 6.07) is 6.71. The summed E-state index contributed by atoms with van der Waals surface area (Å²) in [4.78, 5) is 12.9. The SMILES string of the molecule is COc1ccc2c(c1)CC[C@@H]1[C@@H]2CC[C@]2(C)C(=O)C[C@H]3CCC[C@@]312. The second-order valence-electron chi connectivity index (χ2n) is 8.94. The van der Waals surface area contributed by atoms with Gasteiger partial charge in [-0.2, -0.15) is 0 Å². The van der Waals surface area contributed by atoms with Crippen molar-refractivity contribution < 1.29 is 9.53 Å². The van der Waals surface area contributed by atoms with Crippen LogP contribution in [-0.4, -0.2) is 12.9 Å². The average Bonchev–Trinajstić information content (AvgIpc) is 3.10. The number of benzene rings is 1. The van der Waals surface area contributed by atoms with Crippen LogP contribution in [0.25, 0.3) is 0 Å². The molecule has 0 heterocycles. The van der Waals surface area contributed by atoms with Gasteiger partial charge in [0.2, 0.25) is 0 Å². The molecule has 2 heteroatoms. The summed E-state index contributed by atoms with van der Waals surface area (Å²) in [5, 5.41) is 0. The maximum Gasteiger partial charge on any atom is 0.139 e. The average molecular weight is 324 g/mol. The Morgan fingerprint density at radius 2 is 2.04 bits per heavy atom. The Hall–Kier alpha value is -1.31. The molecule has 2 nitrogen and oxygen atoms in total. The van der Waals surface area contributed by atoms with E-state index in [2.05, 4.69) is 25.1 Å². The van der Waals surface area contributed by atoms with Crippen LogP contribution in [0.3, 0.4) is 0 Å². The topological polar surface area (TPSA) is 26.3 Å². The van der Waals surface area contributed by atoms with E-state index < -0.39 is 0 Å². The number of hydrogen-bond acceptors (Lipinski definition) is 2. The van der Waals surface area contributed by atoms with Gasteiger partial charge in [0.1, 0.15) is 11.5 Å². The van der Waals surface area contributed by atoms with E-state index in [-0.39, 0.29) is 5.41 Å². The second kappa shape index (κ2) is 4.86. The van der Waals surface area contributed by atoms with Crippen LogP contribution >= 0.6 is 0 Å². The Morgan fingerprint density at radius 1 is 1.17 bits per heavy atom. The third kappa shape index (κ3) is 1.61. The fourth-order valence-corrected chi connectivity index (χ4v) is 7.53. The number of ketones is 1. The van der Waals surface area contributed by atoms with Crippen molar-refractivity contribution in [3.05, 3.63) is 29.3 Å². The lowest BCUT2D eigenvalue weighted by Gasteiger charge is -2.57. The fraction of sp³-hybridized carbons (Fsp3) is 0.682. The standard InChI is InChI=1S/C22H28O2/c1-21-11-9-18-17-7-6-16(24-2)12-14(17)5-8-19(18)22(21)10-3-4-15(22)13-20(21)23/h6-7,12,15,18-19H,3-5,8-11,13H2,1-2H3/t15-,18-,19-,21-,22-/m1/s1. The predicted octanol–water partition coefficient (Wildman–Crippen LogP) is 4.90. The molecule has 0 radical (unpaired) electrons. The van der Waals surface area contributed by atoms with Gasteiger partial charge in [0, 0.05) is 11.8 Å². The van der Waals surface area contributed by atoms with E-state index in [1.807, 2.05) is 0 Å². The molecule has 0 N–H and O–H groups in total. The Morgan fingerprint density at radius 3 is 2.88 bits per heavy atom. The van der Waals surface area contributed by atoms with Crippen LogP contribution in [0, 0.1) is 22.7 Å². The zero-order valence-corrected chi connectivity index (χ0v) is 14.9. The van der Waals surface area contributed by atoms with Crippen LogP contribution in [0.1, 0.15) is 68.9 Å². The molecule has 3 saturated carbocycles. The molecule has 0 saturated heterocycles. The van der Waals surface area contributed by atoms with Gasteiger partial charge in [0.25, 0.3) is 0 Å². The predicted molar refractivity (Wildman–Crippen MR) is 94.3 cm³/mol. The van der Waals surface area contributed by atoms with E-state index in [0.29, 0.717) is 23.0 Å².